The van der Waals surface area contributed by atoms with Crippen molar-refractivity contribution in [1.82, 2.24) is 20.5 Å². The van der Waals surface area contributed by atoms with Crippen LogP contribution in [0.5, 0.6) is 0 Å². The molecule has 3 aromatic rings. The van der Waals surface area contributed by atoms with Gasteiger partial charge in [0.1, 0.15) is 17.9 Å². The Morgan fingerprint density at radius 3 is 2.47 bits per heavy atom. The van der Waals surface area contributed by atoms with Gasteiger partial charge in [-0.2, -0.15) is 0 Å². The van der Waals surface area contributed by atoms with Crippen LogP contribution in [-0.4, -0.2) is 89.8 Å². The number of aliphatic hydroxyl groups is 1. The van der Waals surface area contributed by atoms with Gasteiger partial charge in [0.25, 0.3) is 0 Å². The van der Waals surface area contributed by atoms with Crippen LogP contribution in [0.4, 0.5) is 14.9 Å². The van der Waals surface area contributed by atoms with E-state index in [0.29, 0.717) is 43.5 Å². The van der Waals surface area contributed by atoms with Gasteiger partial charge in [0, 0.05) is 39.0 Å². The lowest BCUT2D eigenvalue weighted by Crippen LogP contribution is -2.58. The number of thiazole rings is 1. The topological polar surface area (TPSA) is 193 Å². The van der Waals surface area contributed by atoms with E-state index in [-0.39, 0.29) is 43.9 Å². The van der Waals surface area contributed by atoms with Crippen LogP contribution >= 0.6 is 11.3 Å². The van der Waals surface area contributed by atoms with Gasteiger partial charge in [-0.05, 0) is 67.7 Å². The zero-order valence-electron chi connectivity index (χ0n) is 32.6. The van der Waals surface area contributed by atoms with E-state index in [1.54, 1.807) is 67.8 Å². The van der Waals surface area contributed by atoms with Crippen LogP contribution in [0.15, 0.2) is 48.0 Å². The second-order valence-corrected chi connectivity index (χ2v) is 16.3. The molecule has 5 atom stereocenters. The van der Waals surface area contributed by atoms with Crippen LogP contribution in [0.1, 0.15) is 82.7 Å². The van der Waals surface area contributed by atoms with Crippen molar-refractivity contribution in [2.24, 2.45) is 16.9 Å². The summed E-state index contributed by atoms with van der Waals surface area (Å²) in [5.74, 6) is -1.68. The minimum absolute atomic E-state index is 0.0446. The highest BCUT2D eigenvalue weighted by atomic mass is 32.1. The van der Waals surface area contributed by atoms with Gasteiger partial charge in [-0.3, -0.25) is 14.4 Å². The van der Waals surface area contributed by atoms with Crippen molar-refractivity contribution in [3.63, 3.8) is 0 Å². The van der Waals surface area contributed by atoms with Crippen LogP contribution in [0.2, 0.25) is 0 Å². The summed E-state index contributed by atoms with van der Waals surface area (Å²) in [6.07, 6.45) is 0.343. The van der Waals surface area contributed by atoms with Crippen molar-refractivity contribution in [2.45, 2.75) is 103 Å². The Balaban J connectivity index is 1.28. The molecule has 1 aliphatic rings. The molecule has 0 radical (unpaired) electrons. The third-order valence-corrected chi connectivity index (χ3v) is 10.8. The summed E-state index contributed by atoms with van der Waals surface area (Å²) >= 11 is 1.56. The Morgan fingerprint density at radius 2 is 1.84 bits per heavy atom. The highest BCUT2D eigenvalue weighted by Gasteiger charge is 2.45. The largest absolute Gasteiger partial charge is 0.450 e. The number of β-amino-alcohol motifs (C(OH)–C–C–N with tert-alkyl or cyclic N) is 1. The fraction of sp³-hybridized carbons (Fsp3) is 0.525. The number of benzene rings is 2. The molecule has 4 amide bonds. The van der Waals surface area contributed by atoms with Crippen molar-refractivity contribution >= 4 is 40.8 Å². The highest BCUT2D eigenvalue weighted by molar-refractivity contribution is 7.13. The van der Waals surface area contributed by atoms with Crippen molar-refractivity contribution in [2.75, 3.05) is 31.6 Å². The molecule has 1 fully saturated rings. The number of halogens is 1. The van der Waals surface area contributed by atoms with Crippen LogP contribution in [0.3, 0.4) is 0 Å². The first kappa shape index (κ1) is 43.1. The Morgan fingerprint density at radius 1 is 1.13 bits per heavy atom. The standard InChI is InChI=1S/C40H56FN7O6S/c1-24(26-13-15-28(16-14-26)35-25(2)44-23-55-35)45-37(51)32-20-30(49)22-48(32)38(52)36(40(3,4)5)46-39(53)54-19-8-7-10-27-11-9-12-31(34(27)41)47(6)21-29(42)17-18-33(43)50/h9,11-16,23-24,29-30,32,36,49H,7-8,10,17-22,42H2,1-6H3,(H2,43,50)(H,45,51)(H,46,53)/t24-,29?,30+,32-,36+/m0/s1. The van der Waals surface area contributed by atoms with Gasteiger partial charge in [0.15, 0.2) is 0 Å². The summed E-state index contributed by atoms with van der Waals surface area (Å²) < 4.78 is 20.8. The number of alkyl carbamates (subject to hydrolysis) is 1. The van der Waals surface area contributed by atoms with E-state index < -0.39 is 47.4 Å². The third-order valence-electron chi connectivity index (χ3n) is 9.83. The van der Waals surface area contributed by atoms with Gasteiger partial charge in [-0.25, -0.2) is 14.2 Å². The summed E-state index contributed by atoms with van der Waals surface area (Å²) in [7, 11) is 1.74. The lowest BCUT2D eigenvalue weighted by molar-refractivity contribution is -0.142. The summed E-state index contributed by atoms with van der Waals surface area (Å²) in [4.78, 5) is 60.0. The quantitative estimate of drug-likeness (QED) is 0.122. The minimum Gasteiger partial charge on any atom is -0.450 e. The third kappa shape index (κ3) is 11.9. The number of amides is 4. The molecule has 1 aliphatic heterocycles. The number of nitrogens with zero attached hydrogens (tertiary/aromatic N) is 3. The second kappa shape index (κ2) is 19.3. The number of nitrogens with one attached hydrogen (secondary N) is 2. The molecule has 55 heavy (non-hydrogen) atoms. The molecule has 4 rings (SSSR count). The van der Waals surface area contributed by atoms with E-state index in [4.69, 9.17) is 16.2 Å². The molecular weight excluding hydrogens is 726 g/mol. The van der Waals surface area contributed by atoms with Gasteiger partial charge in [0.2, 0.25) is 17.7 Å². The maximum Gasteiger partial charge on any atom is 0.407 e. The number of unbranched alkanes of at least 4 members (excludes halogenated alkanes) is 1. The Kier molecular flexibility index (Phi) is 15.1. The van der Waals surface area contributed by atoms with Crippen LogP contribution in [-0.2, 0) is 25.5 Å². The number of likely N-dealkylation sites (tertiary alicyclic amines) is 1. The molecule has 300 valence electrons. The Bertz CT molecular complexity index is 1780. The van der Waals surface area contributed by atoms with Crippen molar-refractivity contribution in [1.29, 1.82) is 0 Å². The molecule has 13 nitrogen and oxygen atoms in total. The molecule has 1 aromatic heterocycles. The molecule has 2 heterocycles. The number of ether oxygens (including phenoxy) is 1. The van der Waals surface area contributed by atoms with Gasteiger partial charge in [0.05, 0.1) is 40.5 Å². The SMILES string of the molecule is Cc1ncsc1-c1ccc([C@H](C)NC(=O)[C@@H]2C[C@@H](O)CN2C(=O)[C@@H](NC(=O)OCCCCc2cccc(N(C)CC(N)CCC(N)=O)c2F)C(C)(C)C)cc1. The van der Waals surface area contributed by atoms with Crippen LogP contribution in [0, 0.1) is 18.2 Å². The van der Waals surface area contributed by atoms with E-state index in [0.717, 1.165) is 21.7 Å². The summed E-state index contributed by atoms with van der Waals surface area (Å²) in [5, 5.41) is 16.3. The number of hydrogen-bond donors (Lipinski definition) is 5. The summed E-state index contributed by atoms with van der Waals surface area (Å²) in [6.45, 7) is 9.56. The molecule has 0 aliphatic carbocycles. The van der Waals surface area contributed by atoms with E-state index in [2.05, 4.69) is 15.6 Å². The number of carbonyl (C=O) groups is 4. The Labute approximate surface area is 327 Å². The number of anilines is 1. The first-order valence-electron chi connectivity index (χ1n) is 18.7. The van der Waals surface area contributed by atoms with E-state index in [9.17, 15) is 24.3 Å². The first-order valence-corrected chi connectivity index (χ1v) is 19.6. The number of hydrogen-bond acceptors (Lipinski definition) is 10. The van der Waals surface area contributed by atoms with Gasteiger partial charge in [-0.15, -0.1) is 11.3 Å². The zero-order chi connectivity index (χ0) is 40.4. The molecule has 1 saturated heterocycles. The van der Waals surface area contributed by atoms with Gasteiger partial charge >= 0.3 is 6.09 Å². The zero-order valence-corrected chi connectivity index (χ0v) is 33.5. The number of likely N-dealkylation sites (N-methyl/N-ethyl adjacent to an activating group) is 1. The van der Waals surface area contributed by atoms with Crippen molar-refractivity contribution in [3.8, 4) is 10.4 Å². The molecule has 15 heteroatoms. The van der Waals surface area contributed by atoms with Crippen LogP contribution < -0.4 is 27.0 Å². The average Bonchev–Trinajstić information content (AvgIpc) is 3.74. The predicted molar refractivity (Wildman–Crippen MR) is 212 cm³/mol. The van der Waals surface area contributed by atoms with E-state index in [1.165, 1.54) is 4.90 Å². The molecule has 0 spiro atoms. The smallest absolute Gasteiger partial charge is 0.407 e. The summed E-state index contributed by atoms with van der Waals surface area (Å²) in [6, 6.07) is 10.3. The number of aliphatic hydroxyl groups excluding tert-OH is 1. The van der Waals surface area contributed by atoms with E-state index >= 15 is 4.39 Å². The number of aromatic nitrogens is 1. The minimum atomic E-state index is -1.04. The average molecular weight is 782 g/mol. The molecule has 7 N–H and O–H groups in total. The van der Waals surface area contributed by atoms with Crippen LogP contribution in [0.25, 0.3) is 10.4 Å². The number of nitrogens with two attached hydrogens (primary N) is 2. The number of carbonyl (C=O) groups excluding carboxylic acids is 4. The lowest BCUT2D eigenvalue weighted by Gasteiger charge is -2.35. The molecular formula is C40H56FN7O6S. The van der Waals surface area contributed by atoms with Crippen molar-refractivity contribution < 1.29 is 33.4 Å². The van der Waals surface area contributed by atoms with Gasteiger partial charge < -0.3 is 41.7 Å². The summed E-state index contributed by atoms with van der Waals surface area (Å²) in [5.41, 5.74) is 16.1. The number of aryl methyl sites for hydroxylation is 2. The molecule has 1 unspecified atom stereocenters. The molecule has 0 bridgehead atoms. The van der Waals surface area contributed by atoms with Gasteiger partial charge in [-0.1, -0.05) is 57.2 Å². The maximum absolute atomic E-state index is 15.4. The highest BCUT2D eigenvalue weighted by Crippen LogP contribution is 2.30. The Hall–Kier alpha value is -4.60. The number of rotatable bonds is 17. The lowest BCUT2D eigenvalue weighted by atomic mass is 9.85. The number of primary amides is 1. The molecule has 0 saturated carbocycles. The normalized spacial score (nSPS) is 17.3. The molecule has 2 aromatic carbocycles. The fourth-order valence-electron chi connectivity index (χ4n) is 6.68. The fourth-order valence-corrected chi connectivity index (χ4v) is 7.49. The predicted octanol–water partition coefficient (Wildman–Crippen LogP) is 4.59. The first-order chi connectivity index (χ1) is 26.0. The monoisotopic (exact) mass is 781 g/mol. The van der Waals surface area contributed by atoms with E-state index in [1.807, 2.05) is 38.1 Å². The maximum atomic E-state index is 15.4. The van der Waals surface area contributed by atoms with Crippen molar-refractivity contribution in [3.05, 3.63) is 70.6 Å². The second-order valence-electron chi connectivity index (χ2n) is 15.4.